The maximum Gasteiger partial charge on any atom is 0.0718 e. The van der Waals surface area contributed by atoms with Crippen LogP contribution in [-0.4, -0.2) is 39.1 Å². The Hall–Kier alpha value is -1.10. The molecule has 0 radical (unpaired) electrons. The third-order valence-electron chi connectivity index (χ3n) is 3.39. The molecule has 0 aliphatic carbocycles. The fourth-order valence-corrected chi connectivity index (χ4v) is 2.24. The lowest BCUT2D eigenvalue weighted by Gasteiger charge is -2.27. The van der Waals surface area contributed by atoms with Gasteiger partial charge in [-0.3, -0.25) is 0 Å². The topological polar surface area (TPSA) is 39.7 Å². The molecule has 21 heavy (non-hydrogen) atoms. The fraction of sp³-hybridized carbons (Fsp3) is 0.647. The molecule has 0 amide bonds. The van der Waals surface area contributed by atoms with E-state index in [1.807, 2.05) is 6.07 Å². The van der Waals surface area contributed by atoms with Gasteiger partial charge in [-0.1, -0.05) is 12.1 Å². The summed E-state index contributed by atoms with van der Waals surface area (Å²) in [5.41, 5.74) is 2.16. The van der Waals surface area contributed by atoms with Crippen molar-refractivity contribution in [3.8, 4) is 0 Å². The Morgan fingerprint density at radius 2 is 1.95 bits per heavy atom. The van der Waals surface area contributed by atoms with E-state index < -0.39 is 0 Å². The molecule has 0 aliphatic heterocycles. The largest absolute Gasteiger partial charge is 0.382 e. The minimum atomic E-state index is -0.118. The summed E-state index contributed by atoms with van der Waals surface area (Å²) in [7, 11) is 3.43. The highest BCUT2D eigenvalue weighted by atomic mass is 16.5. The van der Waals surface area contributed by atoms with Crippen LogP contribution in [0.3, 0.4) is 0 Å². The summed E-state index contributed by atoms with van der Waals surface area (Å²) >= 11 is 0. The van der Waals surface area contributed by atoms with Crippen molar-refractivity contribution in [2.24, 2.45) is 0 Å². The number of rotatable bonds is 10. The van der Waals surface area contributed by atoms with E-state index in [-0.39, 0.29) is 5.60 Å². The third-order valence-corrected chi connectivity index (χ3v) is 3.39. The maximum absolute atomic E-state index is 5.55. The zero-order valence-corrected chi connectivity index (χ0v) is 13.9. The van der Waals surface area contributed by atoms with Crippen LogP contribution >= 0.6 is 0 Å². The number of benzene rings is 1. The third kappa shape index (κ3) is 7.46. The van der Waals surface area contributed by atoms with Crippen molar-refractivity contribution < 1.29 is 14.2 Å². The number of nitrogens with one attached hydrogen (secondary N) is 1. The number of ether oxygens (including phenoxy) is 3. The average molecular weight is 295 g/mol. The Morgan fingerprint density at radius 3 is 2.62 bits per heavy atom. The maximum atomic E-state index is 5.55. The van der Waals surface area contributed by atoms with Crippen LogP contribution in [0.5, 0.6) is 0 Å². The molecule has 1 aromatic carbocycles. The van der Waals surface area contributed by atoms with E-state index >= 15 is 0 Å². The Labute approximate surface area is 128 Å². The Balaban J connectivity index is 2.48. The summed E-state index contributed by atoms with van der Waals surface area (Å²) in [6, 6.07) is 8.66. The summed E-state index contributed by atoms with van der Waals surface area (Å²) in [5, 5.41) is 3.51. The van der Waals surface area contributed by atoms with Gasteiger partial charge in [0.2, 0.25) is 0 Å². The standard InChI is InChI=1S/C17H29NO3/c1-14(12-17(2,3)20-5)18-16-8-6-7-15(11-16)13-21-10-9-19-4/h6-8,11,14,18H,9-10,12-13H2,1-5H3. The summed E-state index contributed by atoms with van der Waals surface area (Å²) in [4.78, 5) is 0. The minimum Gasteiger partial charge on any atom is -0.382 e. The molecule has 1 aromatic rings. The number of hydrogen-bond acceptors (Lipinski definition) is 4. The quantitative estimate of drug-likeness (QED) is 0.671. The predicted molar refractivity (Wildman–Crippen MR) is 86.8 cm³/mol. The molecule has 0 aliphatic rings. The van der Waals surface area contributed by atoms with Crippen molar-refractivity contribution in [1.29, 1.82) is 0 Å². The first-order chi connectivity index (χ1) is 9.96. The van der Waals surface area contributed by atoms with Gasteiger partial charge in [0, 0.05) is 25.9 Å². The molecule has 0 spiro atoms. The second kappa shape index (κ2) is 9.03. The Morgan fingerprint density at radius 1 is 1.19 bits per heavy atom. The lowest BCUT2D eigenvalue weighted by Crippen LogP contribution is -2.31. The van der Waals surface area contributed by atoms with Crippen molar-refractivity contribution in [2.45, 2.75) is 45.4 Å². The van der Waals surface area contributed by atoms with E-state index in [2.05, 4.69) is 44.3 Å². The summed E-state index contributed by atoms with van der Waals surface area (Å²) in [5.74, 6) is 0. The zero-order chi connectivity index (χ0) is 15.7. The minimum absolute atomic E-state index is 0.118. The van der Waals surface area contributed by atoms with E-state index in [0.717, 1.165) is 17.7 Å². The van der Waals surface area contributed by atoms with E-state index in [9.17, 15) is 0 Å². The summed E-state index contributed by atoms with van der Waals surface area (Å²) in [6.07, 6.45) is 0.943. The van der Waals surface area contributed by atoms with Crippen LogP contribution in [-0.2, 0) is 20.8 Å². The summed E-state index contributed by atoms with van der Waals surface area (Å²) < 4.78 is 16.0. The van der Waals surface area contributed by atoms with Gasteiger partial charge >= 0.3 is 0 Å². The molecule has 0 heterocycles. The monoisotopic (exact) mass is 295 g/mol. The van der Waals surface area contributed by atoms with Gasteiger partial charge in [0.25, 0.3) is 0 Å². The summed E-state index contributed by atoms with van der Waals surface area (Å²) in [6.45, 7) is 8.23. The molecule has 0 saturated heterocycles. The molecule has 0 saturated carbocycles. The lowest BCUT2D eigenvalue weighted by atomic mass is 9.99. The van der Waals surface area contributed by atoms with Gasteiger partial charge in [0.1, 0.15) is 0 Å². The Kier molecular flexibility index (Phi) is 7.72. The molecule has 0 aromatic heterocycles. The van der Waals surface area contributed by atoms with Crippen LogP contribution in [0.15, 0.2) is 24.3 Å². The number of hydrogen-bond donors (Lipinski definition) is 1. The highest BCUT2D eigenvalue weighted by Gasteiger charge is 2.19. The van der Waals surface area contributed by atoms with Crippen molar-refractivity contribution >= 4 is 5.69 Å². The highest BCUT2D eigenvalue weighted by Crippen LogP contribution is 2.19. The molecule has 0 bridgehead atoms. The molecule has 4 nitrogen and oxygen atoms in total. The molecule has 1 atom stereocenters. The first-order valence-corrected chi connectivity index (χ1v) is 7.44. The van der Waals surface area contributed by atoms with E-state index in [0.29, 0.717) is 25.9 Å². The zero-order valence-electron chi connectivity index (χ0n) is 13.9. The number of methoxy groups -OCH3 is 2. The van der Waals surface area contributed by atoms with Crippen molar-refractivity contribution in [1.82, 2.24) is 0 Å². The van der Waals surface area contributed by atoms with Crippen LogP contribution < -0.4 is 5.32 Å². The van der Waals surface area contributed by atoms with E-state index in [1.165, 1.54) is 0 Å². The fourth-order valence-electron chi connectivity index (χ4n) is 2.24. The predicted octanol–water partition coefficient (Wildman–Crippen LogP) is 3.47. The molecular formula is C17H29NO3. The van der Waals surface area contributed by atoms with Crippen molar-refractivity contribution in [3.63, 3.8) is 0 Å². The van der Waals surface area contributed by atoms with Gasteiger partial charge < -0.3 is 19.5 Å². The normalized spacial score (nSPS) is 13.2. The smallest absolute Gasteiger partial charge is 0.0718 e. The van der Waals surface area contributed by atoms with Gasteiger partial charge in [0.15, 0.2) is 0 Å². The van der Waals surface area contributed by atoms with Crippen LogP contribution in [0.1, 0.15) is 32.8 Å². The molecule has 1 N–H and O–H groups in total. The highest BCUT2D eigenvalue weighted by molar-refractivity contribution is 5.46. The second-order valence-corrected chi connectivity index (χ2v) is 5.96. The van der Waals surface area contributed by atoms with Crippen LogP contribution in [0.2, 0.25) is 0 Å². The van der Waals surface area contributed by atoms with Crippen molar-refractivity contribution in [3.05, 3.63) is 29.8 Å². The van der Waals surface area contributed by atoms with Gasteiger partial charge in [-0.15, -0.1) is 0 Å². The van der Waals surface area contributed by atoms with E-state index in [1.54, 1.807) is 14.2 Å². The van der Waals surface area contributed by atoms with Gasteiger partial charge in [-0.25, -0.2) is 0 Å². The molecule has 4 heteroatoms. The lowest BCUT2D eigenvalue weighted by molar-refractivity contribution is 0.0128. The molecule has 120 valence electrons. The SMILES string of the molecule is COCCOCc1cccc(NC(C)CC(C)(C)OC)c1. The van der Waals surface area contributed by atoms with Crippen LogP contribution in [0, 0.1) is 0 Å². The van der Waals surface area contributed by atoms with Crippen LogP contribution in [0.25, 0.3) is 0 Å². The van der Waals surface area contributed by atoms with Gasteiger partial charge in [0.05, 0.1) is 25.4 Å². The molecular weight excluding hydrogens is 266 g/mol. The van der Waals surface area contributed by atoms with E-state index in [4.69, 9.17) is 14.2 Å². The molecule has 0 fully saturated rings. The number of anilines is 1. The van der Waals surface area contributed by atoms with Crippen molar-refractivity contribution in [2.75, 3.05) is 32.8 Å². The Bertz CT molecular complexity index is 407. The molecule has 1 unspecified atom stereocenters. The van der Waals surface area contributed by atoms with Crippen LogP contribution in [0.4, 0.5) is 5.69 Å². The molecule has 1 rings (SSSR count). The average Bonchev–Trinajstić information content (AvgIpc) is 2.43. The first kappa shape index (κ1) is 18.0. The van der Waals surface area contributed by atoms with Gasteiger partial charge in [-0.05, 0) is 44.9 Å². The second-order valence-electron chi connectivity index (χ2n) is 5.96. The van der Waals surface area contributed by atoms with Gasteiger partial charge in [-0.2, -0.15) is 0 Å². The first-order valence-electron chi connectivity index (χ1n) is 7.44.